The Bertz CT molecular complexity index is 1330. The van der Waals surface area contributed by atoms with E-state index in [1.165, 1.54) is 13.2 Å². The predicted molar refractivity (Wildman–Crippen MR) is 126 cm³/mol. The molecule has 3 aromatic carbocycles. The number of aromatic nitrogens is 1. The van der Waals surface area contributed by atoms with E-state index >= 15 is 0 Å². The van der Waals surface area contributed by atoms with Crippen molar-refractivity contribution in [3.63, 3.8) is 0 Å². The second kappa shape index (κ2) is 7.97. The second-order valence-corrected chi connectivity index (χ2v) is 8.16. The normalized spacial score (nSPS) is 14.5. The van der Waals surface area contributed by atoms with E-state index in [1.807, 2.05) is 85.1 Å². The number of methoxy groups -OCH3 is 1. The maximum absolute atomic E-state index is 13.9. The summed E-state index contributed by atoms with van der Waals surface area (Å²) < 4.78 is 6.77. The molecule has 1 heterocycles. The molecule has 1 aromatic heterocycles. The Kier molecular flexibility index (Phi) is 4.98. The van der Waals surface area contributed by atoms with Crippen LogP contribution in [-0.4, -0.2) is 23.4 Å². The van der Waals surface area contributed by atoms with Crippen molar-refractivity contribution in [3.8, 4) is 5.69 Å². The summed E-state index contributed by atoms with van der Waals surface area (Å²) >= 11 is 0. The van der Waals surface area contributed by atoms with Crippen LogP contribution in [-0.2, 0) is 14.9 Å². The van der Waals surface area contributed by atoms with Gasteiger partial charge in [-0.25, -0.2) is 4.79 Å². The van der Waals surface area contributed by atoms with Gasteiger partial charge in [0.05, 0.1) is 18.0 Å². The van der Waals surface area contributed by atoms with Crippen LogP contribution in [0.4, 0.5) is 0 Å². The summed E-state index contributed by atoms with van der Waals surface area (Å²) in [7, 11) is 1.35. The number of carbonyl (C=O) groups excluding carboxylic acids is 2. The molecular formula is C28H23NO3. The summed E-state index contributed by atoms with van der Waals surface area (Å²) in [4.78, 5) is 25.4. The molecule has 0 bridgehead atoms. The van der Waals surface area contributed by atoms with Gasteiger partial charge in [0.1, 0.15) is 0 Å². The number of hydrogen-bond donors (Lipinski definition) is 0. The highest BCUT2D eigenvalue weighted by atomic mass is 16.5. The van der Waals surface area contributed by atoms with Gasteiger partial charge in [0, 0.05) is 28.9 Å². The van der Waals surface area contributed by atoms with Crippen LogP contribution < -0.4 is 0 Å². The molecule has 0 radical (unpaired) electrons. The van der Waals surface area contributed by atoms with E-state index in [4.69, 9.17) is 4.74 Å². The molecule has 4 heteroatoms. The molecule has 0 spiro atoms. The highest BCUT2D eigenvalue weighted by Gasteiger charge is 2.51. The highest BCUT2D eigenvalue weighted by Crippen LogP contribution is 2.51. The lowest BCUT2D eigenvalue weighted by Gasteiger charge is -2.14. The molecule has 0 aliphatic heterocycles. The fourth-order valence-electron chi connectivity index (χ4n) is 4.35. The van der Waals surface area contributed by atoms with Crippen LogP contribution in [0.15, 0.2) is 91.1 Å². The molecule has 5 rings (SSSR count). The molecule has 0 saturated heterocycles. The Morgan fingerprint density at radius 3 is 2.28 bits per heavy atom. The molecule has 1 aliphatic rings. The summed E-state index contributed by atoms with van der Waals surface area (Å²) in [6, 6.07) is 26.0. The number of carbonyl (C=O) groups is 2. The number of para-hydroxylation sites is 1. The molecular weight excluding hydrogens is 398 g/mol. The Balaban J connectivity index is 1.66. The molecule has 158 valence electrons. The van der Waals surface area contributed by atoms with E-state index in [9.17, 15) is 9.59 Å². The summed E-state index contributed by atoms with van der Waals surface area (Å²) in [5.74, 6) is -0.262. The van der Waals surface area contributed by atoms with Gasteiger partial charge in [-0.15, -0.1) is 0 Å². The quantitative estimate of drug-likeness (QED) is 0.227. The van der Waals surface area contributed by atoms with Gasteiger partial charge in [0.25, 0.3) is 0 Å². The van der Waals surface area contributed by atoms with Crippen LogP contribution in [0.1, 0.15) is 34.3 Å². The van der Waals surface area contributed by atoms with Crippen molar-refractivity contribution in [2.24, 2.45) is 0 Å². The van der Waals surface area contributed by atoms with E-state index < -0.39 is 11.4 Å². The van der Waals surface area contributed by atoms with Crippen molar-refractivity contribution in [1.82, 2.24) is 4.57 Å². The van der Waals surface area contributed by atoms with Crippen LogP contribution in [0.2, 0.25) is 0 Å². The van der Waals surface area contributed by atoms with Gasteiger partial charge in [-0.05, 0) is 54.3 Å². The third-order valence-electron chi connectivity index (χ3n) is 6.23. The first-order valence-corrected chi connectivity index (χ1v) is 10.7. The first-order valence-electron chi connectivity index (χ1n) is 10.7. The first kappa shape index (κ1) is 20.0. The standard InChI is InChI=1S/C28H23NO3/c1-32-26(30)15-13-20-12-14-25-23(18-20)24(19-29(25)22-10-6-3-7-11-22)27(31)28(16-17-28)21-8-4-2-5-9-21/h2-15,18-19H,16-17H2,1H3. The lowest BCUT2D eigenvalue weighted by molar-refractivity contribution is -0.134. The number of ether oxygens (including phenoxy) is 1. The number of rotatable bonds is 6. The number of benzene rings is 3. The molecule has 0 atom stereocenters. The zero-order chi connectivity index (χ0) is 22.1. The first-order chi connectivity index (χ1) is 15.6. The van der Waals surface area contributed by atoms with Crippen molar-refractivity contribution in [1.29, 1.82) is 0 Å². The fourth-order valence-corrected chi connectivity index (χ4v) is 4.35. The van der Waals surface area contributed by atoms with Crippen molar-refractivity contribution in [2.45, 2.75) is 18.3 Å². The van der Waals surface area contributed by atoms with Crippen LogP contribution in [0.5, 0.6) is 0 Å². The Hall–Kier alpha value is -3.92. The van der Waals surface area contributed by atoms with Crippen molar-refractivity contribution >= 4 is 28.7 Å². The van der Waals surface area contributed by atoms with Gasteiger partial charge >= 0.3 is 5.97 Å². The molecule has 0 amide bonds. The highest BCUT2D eigenvalue weighted by molar-refractivity contribution is 6.15. The third-order valence-corrected chi connectivity index (χ3v) is 6.23. The summed E-state index contributed by atoms with van der Waals surface area (Å²) in [5, 5.41) is 0.882. The van der Waals surface area contributed by atoms with E-state index in [0.29, 0.717) is 5.56 Å². The number of fused-ring (bicyclic) bond motifs is 1. The molecule has 1 fully saturated rings. The average Bonchev–Trinajstić information content (AvgIpc) is 3.58. The number of hydrogen-bond acceptors (Lipinski definition) is 3. The number of esters is 1. The molecule has 4 nitrogen and oxygen atoms in total. The minimum atomic E-state index is -0.449. The molecule has 4 aromatic rings. The van der Waals surface area contributed by atoms with E-state index in [2.05, 4.69) is 4.57 Å². The summed E-state index contributed by atoms with van der Waals surface area (Å²) in [5.41, 5.74) is 4.13. The van der Waals surface area contributed by atoms with Crippen LogP contribution in [0, 0.1) is 0 Å². The monoisotopic (exact) mass is 421 g/mol. The summed E-state index contributed by atoms with van der Waals surface area (Å²) in [6.07, 6.45) is 6.78. The molecule has 0 N–H and O–H groups in total. The molecule has 1 saturated carbocycles. The molecule has 1 aliphatic carbocycles. The molecule has 32 heavy (non-hydrogen) atoms. The minimum Gasteiger partial charge on any atom is -0.466 e. The smallest absolute Gasteiger partial charge is 0.330 e. The fraction of sp³-hybridized carbons (Fsp3) is 0.143. The summed E-state index contributed by atoms with van der Waals surface area (Å²) in [6.45, 7) is 0. The zero-order valence-corrected chi connectivity index (χ0v) is 17.8. The SMILES string of the molecule is COC(=O)C=Cc1ccc2c(c1)c(C(=O)C1(c3ccccc3)CC1)cn2-c1ccccc1. The maximum Gasteiger partial charge on any atom is 0.330 e. The van der Waals surface area contributed by atoms with Crippen LogP contribution in [0.3, 0.4) is 0 Å². The predicted octanol–water partition coefficient (Wildman–Crippen LogP) is 5.73. The van der Waals surface area contributed by atoms with Gasteiger partial charge in [-0.1, -0.05) is 54.6 Å². The van der Waals surface area contributed by atoms with Crippen molar-refractivity contribution < 1.29 is 14.3 Å². The topological polar surface area (TPSA) is 48.3 Å². The van der Waals surface area contributed by atoms with E-state index in [-0.39, 0.29) is 5.78 Å². The van der Waals surface area contributed by atoms with Crippen molar-refractivity contribution in [2.75, 3.05) is 7.11 Å². The van der Waals surface area contributed by atoms with Crippen LogP contribution >= 0.6 is 0 Å². The minimum absolute atomic E-state index is 0.150. The second-order valence-electron chi connectivity index (χ2n) is 8.16. The Labute approximate surface area is 186 Å². The van der Waals surface area contributed by atoms with Gasteiger partial charge in [0.2, 0.25) is 0 Å². The Morgan fingerprint density at radius 2 is 1.62 bits per heavy atom. The lowest BCUT2D eigenvalue weighted by atomic mass is 9.87. The van der Waals surface area contributed by atoms with Gasteiger partial charge in [-0.3, -0.25) is 4.79 Å². The van der Waals surface area contributed by atoms with E-state index in [1.54, 1.807) is 6.08 Å². The largest absolute Gasteiger partial charge is 0.466 e. The Morgan fingerprint density at radius 1 is 0.938 bits per heavy atom. The maximum atomic E-state index is 13.9. The number of Topliss-reactive ketones (excluding diaryl/α,β-unsaturated/α-hetero) is 1. The number of ketones is 1. The van der Waals surface area contributed by atoms with Gasteiger partial charge in [-0.2, -0.15) is 0 Å². The number of nitrogens with zero attached hydrogens (tertiary/aromatic N) is 1. The van der Waals surface area contributed by atoms with Gasteiger partial charge < -0.3 is 9.30 Å². The zero-order valence-electron chi connectivity index (χ0n) is 17.8. The van der Waals surface area contributed by atoms with E-state index in [0.717, 1.165) is 40.6 Å². The third kappa shape index (κ3) is 3.44. The van der Waals surface area contributed by atoms with Crippen molar-refractivity contribution in [3.05, 3.63) is 108 Å². The van der Waals surface area contributed by atoms with Crippen LogP contribution in [0.25, 0.3) is 22.7 Å². The molecule has 0 unspecified atom stereocenters. The average molecular weight is 421 g/mol. The lowest BCUT2D eigenvalue weighted by Crippen LogP contribution is -2.20. The van der Waals surface area contributed by atoms with Gasteiger partial charge in [0.15, 0.2) is 5.78 Å².